The molecule has 5 heteroatoms. The van der Waals surface area contributed by atoms with Gasteiger partial charge in [-0.25, -0.2) is 0 Å². The van der Waals surface area contributed by atoms with Gasteiger partial charge >= 0.3 is 0 Å². The standard InChI is InChI=1S/C16H23N3O2/c1-11-7-6-8-12(2)19(11)16(20)14(15(17)18-21)13-9-4-3-5-10-13/h3-5,9-12,14,21H,6-8H2,1-2H3,(H2,17,18)/t11-,12+,14?. The summed E-state index contributed by atoms with van der Waals surface area (Å²) in [6, 6.07) is 9.61. The summed E-state index contributed by atoms with van der Waals surface area (Å²) in [7, 11) is 0. The quantitative estimate of drug-likeness (QED) is 0.388. The Bertz CT molecular complexity index is 506. The Morgan fingerprint density at radius 2 is 1.86 bits per heavy atom. The van der Waals surface area contributed by atoms with Crippen LogP contribution < -0.4 is 5.73 Å². The van der Waals surface area contributed by atoms with E-state index in [9.17, 15) is 4.79 Å². The van der Waals surface area contributed by atoms with Crippen LogP contribution in [0.2, 0.25) is 0 Å². The lowest BCUT2D eigenvalue weighted by Gasteiger charge is -2.40. The first-order valence-electron chi connectivity index (χ1n) is 7.40. The van der Waals surface area contributed by atoms with Crippen molar-refractivity contribution in [1.82, 2.24) is 4.90 Å². The van der Waals surface area contributed by atoms with Gasteiger partial charge in [-0.3, -0.25) is 4.79 Å². The third-order valence-electron chi connectivity index (χ3n) is 4.24. The van der Waals surface area contributed by atoms with E-state index in [1.165, 1.54) is 0 Å². The Kier molecular flexibility index (Phi) is 4.83. The second-order valence-corrected chi connectivity index (χ2v) is 5.74. The van der Waals surface area contributed by atoms with Crippen molar-refractivity contribution in [2.75, 3.05) is 0 Å². The van der Waals surface area contributed by atoms with Crippen molar-refractivity contribution in [3.63, 3.8) is 0 Å². The molecule has 1 unspecified atom stereocenters. The normalized spacial score (nSPS) is 24.7. The molecule has 1 aromatic rings. The third-order valence-corrected chi connectivity index (χ3v) is 4.24. The molecule has 114 valence electrons. The highest BCUT2D eigenvalue weighted by atomic mass is 16.4. The van der Waals surface area contributed by atoms with E-state index in [4.69, 9.17) is 10.9 Å². The highest BCUT2D eigenvalue weighted by molar-refractivity contribution is 6.07. The van der Waals surface area contributed by atoms with E-state index in [1.807, 2.05) is 35.2 Å². The summed E-state index contributed by atoms with van der Waals surface area (Å²) in [5, 5.41) is 12.1. The lowest BCUT2D eigenvalue weighted by Crippen LogP contribution is -2.51. The third kappa shape index (κ3) is 3.17. The van der Waals surface area contributed by atoms with Crippen molar-refractivity contribution in [2.45, 2.75) is 51.1 Å². The average Bonchev–Trinajstić information content (AvgIpc) is 2.48. The number of nitrogens with zero attached hydrogens (tertiary/aromatic N) is 2. The van der Waals surface area contributed by atoms with Gasteiger partial charge in [-0.2, -0.15) is 0 Å². The van der Waals surface area contributed by atoms with Crippen LogP contribution in [0.1, 0.15) is 44.6 Å². The number of hydrogen-bond acceptors (Lipinski definition) is 3. The number of likely N-dealkylation sites (tertiary alicyclic amines) is 1. The summed E-state index contributed by atoms with van der Waals surface area (Å²) < 4.78 is 0. The van der Waals surface area contributed by atoms with Gasteiger partial charge in [0.1, 0.15) is 5.92 Å². The molecule has 2 rings (SSSR count). The number of carbonyl (C=O) groups is 1. The maximum Gasteiger partial charge on any atom is 0.238 e. The summed E-state index contributed by atoms with van der Waals surface area (Å²) in [4.78, 5) is 14.9. The Morgan fingerprint density at radius 1 is 1.29 bits per heavy atom. The largest absolute Gasteiger partial charge is 0.409 e. The minimum Gasteiger partial charge on any atom is -0.409 e. The molecular formula is C16H23N3O2. The fourth-order valence-electron chi connectivity index (χ4n) is 3.15. The zero-order valence-corrected chi connectivity index (χ0v) is 12.6. The van der Waals surface area contributed by atoms with Crippen LogP contribution in [0.25, 0.3) is 0 Å². The van der Waals surface area contributed by atoms with Gasteiger partial charge in [-0.05, 0) is 38.7 Å². The monoisotopic (exact) mass is 289 g/mol. The van der Waals surface area contributed by atoms with Crippen molar-refractivity contribution in [1.29, 1.82) is 0 Å². The number of oxime groups is 1. The zero-order chi connectivity index (χ0) is 15.4. The van der Waals surface area contributed by atoms with Gasteiger partial charge in [0.05, 0.1) is 0 Å². The minimum absolute atomic E-state index is 0.0591. The van der Waals surface area contributed by atoms with Crippen molar-refractivity contribution in [3.8, 4) is 0 Å². The van der Waals surface area contributed by atoms with E-state index in [2.05, 4.69) is 19.0 Å². The van der Waals surface area contributed by atoms with Gasteiger partial charge in [0.25, 0.3) is 0 Å². The molecule has 0 aliphatic carbocycles. The molecule has 5 nitrogen and oxygen atoms in total. The minimum atomic E-state index is -0.723. The molecule has 0 spiro atoms. The molecule has 1 aliphatic heterocycles. The molecule has 0 aromatic heterocycles. The summed E-state index contributed by atoms with van der Waals surface area (Å²) in [6.07, 6.45) is 3.12. The highest BCUT2D eigenvalue weighted by Crippen LogP contribution is 2.28. The predicted molar refractivity (Wildman–Crippen MR) is 82.2 cm³/mol. The van der Waals surface area contributed by atoms with Crippen LogP contribution in [0.15, 0.2) is 35.5 Å². The summed E-state index contributed by atoms with van der Waals surface area (Å²) in [5.41, 5.74) is 6.55. The number of rotatable bonds is 3. The first-order chi connectivity index (χ1) is 10.1. The lowest BCUT2D eigenvalue weighted by molar-refractivity contribution is -0.137. The SMILES string of the molecule is C[C@@H]1CCC[C@H](C)N1C(=O)C(/C(N)=N/O)c1ccccc1. The van der Waals surface area contributed by atoms with Crippen molar-refractivity contribution in [3.05, 3.63) is 35.9 Å². The summed E-state index contributed by atoms with van der Waals surface area (Å²) in [5.74, 6) is -0.869. The molecule has 0 radical (unpaired) electrons. The molecule has 1 amide bonds. The Morgan fingerprint density at radius 3 is 2.38 bits per heavy atom. The number of benzene rings is 1. The molecule has 0 saturated carbocycles. The van der Waals surface area contributed by atoms with E-state index < -0.39 is 5.92 Å². The van der Waals surface area contributed by atoms with Crippen LogP contribution in [-0.2, 0) is 4.79 Å². The smallest absolute Gasteiger partial charge is 0.238 e. The molecule has 21 heavy (non-hydrogen) atoms. The van der Waals surface area contributed by atoms with Crippen LogP contribution in [0, 0.1) is 0 Å². The molecule has 3 atom stereocenters. The van der Waals surface area contributed by atoms with Crippen molar-refractivity contribution < 1.29 is 10.0 Å². The molecule has 1 fully saturated rings. The molecule has 3 N–H and O–H groups in total. The number of nitrogens with two attached hydrogens (primary N) is 1. The first-order valence-corrected chi connectivity index (χ1v) is 7.40. The molecular weight excluding hydrogens is 266 g/mol. The molecule has 1 saturated heterocycles. The molecule has 0 bridgehead atoms. The zero-order valence-electron chi connectivity index (χ0n) is 12.6. The number of amides is 1. The van der Waals surface area contributed by atoms with E-state index in [0.717, 1.165) is 24.8 Å². The van der Waals surface area contributed by atoms with Gasteiger partial charge in [-0.15, -0.1) is 0 Å². The van der Waals surface area contributed by atoms with E-state index in [0.29, 0.717) is 0 Å². The van der Waals surface area contributed by atoms with Crippen LogP contribution >= 0.6 is 0 Å². The fourth-order valence-corrected chi connectivity index (χ4v) is 3.15. The van der Waals surface area contributed by atoms with E-state index in [-0.39, 0.29) is 23.8 Å². The second-order valence-electron chi connectivity index (χ2n) is 5.74. The van der Waals surface area contributed by atoms with E-state index in [1.54, 1.807) is 0 Å². The number of hydrogen-bond donors (Lipinski definition) is 2. The van der Waals surface area contributed by atoms with Crippen molar-refractivity contribution in [2.24, 2.45) is 10.9 Å². The first kappa shape index (κ1) is 15.4. The van der Waals surface area contributed by atoms with Gasteiger partial charge in [0.15, 0.2) is 5.84 Å². The molecule has 1 aromatic carbocycles. The van der Waals surface area contributed by atoms with Crippen LogP contribution in [0.3, 0.4) is 0 Å². The Hall–Kier alpha value is -2.04. The van der Waals surface area contributed by atoms with Gasteiger partial charge in [-0.1, -0.05) is 35.5 Å². The Labute approximate surface area is 125 Å². The summed E-state index contributed by atoms with van der Waals surface area (Å²) >= 11 is 0. The maximum atomic E-state index is 13.0. The van der Waals surface area contributed by atoms with Gasteiger partial charge in [0.2, 0.25) is 5.91 Å². The van der Waals surface area contributed by atoms with Gasteiger partial charge in [0, 0.05) is 12.1 Å². The van der Waals surface area contributed by atoms with Crippen LogP contribution in [0.4, 0.5) is 0 Å². The number of piperidine rings is 1. The van der Waals surface area contributed by atoms with Crippen LogP contribution in [0.5, 0.6) is 0 Å². The number of carbonyl (C=O) groups excluding carboxylic acids is 1. The number of amidine groups is 1. The average molecular weight is 289 g/mol. The van der Waals surface area contributed by atoms with E-state index >= 15 is 0 Å². The van der Waals surface area contributed by atoms with Gasteiger partial charge < -0.3 is 15.8 Å². The topological polar surface area (TPSA) is 78.9 Å². The molecule has 1 aliphatic rings. The predicted octanol–water partition coefficient (Wildman–Crippen LogP) is 2.31. The fraction of sp³-hybridized carbons (Fsp3) is 0.500. The van der Waals surface area contributed by atoms with Crippen LogP contribution in [-0.4, -0.2) is 33.9 Å². The molecule has 1 heterocycles. The maximum absolute atomic E-state index is 13.0. The van der Waals surface area contributed by atoms with Crippen molar-refractivity contribution >= 4 is 11.7 Å². The highest BCUT2D eigenvalue weighted by Gasteiger charge is 2.36. The Balaban J connectivity index is 2.35. The second kappa shape index (κ2) is 6.61. The lowest BCUT2D eigenvalue weighted by atomic mass is 9.91. The summed E-state index contributed by atoms with van der Waals surface area (Å²) in [6.45, 7) is 4.11.